The molecule has 2 aromatic rings. The van der Waals surface area contributed by atoms with Crippen LogP contribution in [0.4, 0.5) is 19.0 Å². The lowest BCUT2D eigenvalue weighted by Gasteiger charge is -2.07. The molecule has 0 radical (unpaired) electrons. The molecule has 5 nitrogen and oxygen atoms in total. The molecule has 1 atom stereocenters. The van der Waals surface area contributed by atoms with E-state index in [2.05, 4.69) is 26.9 Å². The first kappa shape index (κ1) is 16.7. The van der Waals surface area contributed by atoms with E-state index in [1.807, 2.05) is 0 Å². The van der Waals surface area contributed by atoms with Crippen LogP contribution in [0.3, 0.4) is 0 Å². The molecular weight excluding hydrogens is 341 g/mol. The van der Waals surface area contributed by atoms with E-state index in [0.717, 1.165) is 17.5 Å². The Hall–Kier alpha value is -1.71. The first-order valence-electron chi connectivity index (χ1n) is 5.95. The highest BCUT2D eigenvalue weighted by Gasteiger charge is 2.37. The molecule has 10 heteroatoms. The first-order chi connectivity index (χ1) is 10.2. The molecule has 0 spiro atoms. The zero-order chi connectivity index (χ0) is 16.5. The Morgan fingerprint density at radius 1 is 1.41 bits per heavy atom. The number of nitrogens with one attached hydrogen (secondary N) is 1. The molecule has 0 saturated heterocycles. The summed E-state index contributed by atoms with van der Waals surface area (Å²) in [6, 6.07) is 0.370. The van der Waals surface area contributed by atoms with Gasteiger partial charge in [-0.1, -0.05) is 0 Å². The van der Waals surface area contributed by atoms with Gasteiger partial charge in [-0.15, -0.1) is 11.3 Å². The third-order valence-corrected chi connectivity index (χ3v) is 4.07. The highest BCUT2D eigenvalue weighted by atomic mass is 35.5. The van der Waals surface area contributed by atoms with Gasteiger partial charge in [0.25, 0.3) is 10.9 Å². The number of carbonyl (C=O) groups excluding carboxylic acids is 1. The number of halogens is 4. The number of nitrogens with zero attached hydrogens (tertiary/aromatic N) is 2. The Balaban J connectivity index is 2.21. The highest BCUT2D eigenvalue weighted by molar-refractivity contribution is 7.13. The Morgan fingerprint density at radius 2 is 2.09 bits per heavy atom. The third kappa shape index (κ3) is 3.73. The molecule has 2 heterocycles. The zero-order valence-corrected chi connectivity index (χ0v) is 12.8. The van der Waals surface area contributed by atoms with Crippen molar-refractivity contribution in [3.63, 3.8) is 0 Å². The molecule has 0 aliphatic heterocycles. The van der Waals surface area contributed by atoms with Gasteiger partial charge in [0.05, 0.1) is 18.4 Å². The van der Waals surface area contributed by atoms with E-state index in [4.69, 9.17) is 5.73 Å². The predicted molar refractivity (Wildman–Crippen MR) is 72.5 cm³/mol. The van der Waals surface area contributed by atoms with E-state index in [0.29, 0.717) is 11.1 Å². The monoisotopic (exact) mass is 351 g/mol. The van der Waals surface area contributed by atoms with Crippen LogP contribution in [0, 0.1) is 11.6 Å². The summed E-state index contributed by atoms with van der Waals surface area (Å²) in [5, 5.41) is 2.41. The van der Waals surface area contributed by atoms with Crippen LogP contribution in [0.2, 0.25) is 5.02 Å². The number of alkyl halides is 3. The van der Waals surface area contributed by atoms with E-state index < -0.39 is 22.7 Å². The molecule has 3 N–H and O–H groups in total. The summed E-state index contributed by atoms with van der Waals surface area (Å²) in [7, 11) is 0. The fourth-order valence-electron chi connectivity index (χ4n) is 1.51. The van der Waals surface area contributed by atoms with Crippen LogP contribution in [0.25, 0.3) is 0 Å². The first-order valence-corrected chi connectivity index (χ1v) is 7.18. The molecule has 0 aliphatic rings. The molecule has 0 saturated carbocycles. The van der Waals surface area contributed by atoms with Crippen molar-refractivity contribution in [1.82, 2.24) is 9.97 Å². The number of aromatic nitrogens is 2. The molecular formula is C12H11ClF3N4OS+. The Kier molecular flexibility index (Phi) is 4.69. The Morgan fingerprint density at radius 3 is 2.64 bits per heavy atom. The molecule has 0 unspecified atom stereocenters. The number of hydrogen-bond acceptors (Lipinski definition) is 5. The van der Waals surface area contributed by atoms with Crippen LogP contribution in [0.5, 0.6) is 0 Å². The Labute approximate surface area is 132 Å². The summed E-state index contributed by atoms with van der Waals surface area (Å²) in [6.45, 7) is 1.71. The number of thiazole rings is 1. The molecule has 0 bridgehead atoms. The highest BCUT2D eigenvalue weighted by Crippen LogP contribution is 2.33. The van der Waals surface area contributed by atoms with E-state index in [-0.39, 0.29) is 16.7 Å². The largest absolute Gasteiger partial charge is 0.422 e. The zero-order valence-electron chi connectivity index (χ0n) is 11.1. The summed E-state index contributed by atoms with van der Waals surface area (Å²) in [6.07, 6.45) is -2.41. The summed E-state index contributed by atoms with van der Waals surface area (Å²) >= 11 is 5.64. The smallest absolute Gasteiger partial charge is 0.322 e. The molecule has 1 amide bonds. The van der Waals surface area contributed by atoms with Gasteiger partial charge in [0.1, 0.15) is 21.3 Å². The van der Waals surface area contributed by atoms with Crippen molar-refractivity contribution in [3.05, 3.63) is 38.9 Å². The van der Waals surface area contributed by atoms with Gasteiger partial charge in [0.15, 0.2) is 11.6 Å². The number of pyridine rings is 1. The summed E-state index contributed by atoms with van der Waals surface area (Å²) in [4.78, 5) is 19.8. The van der Waals surface area contributed by atoms with Crippen LogP contribution in [-0.2, 0) is 6.18 Å². The second-order valence-corrected chi connectivity index (χ2v) is 5.87. The van der Waals surface area contributed by atoms with Crippen LogP contribution >= 0.6 is 11.3 Å². The van der Waals surface area contributed by atoms with Gasteiger partial charge < -0.3 is 11.1 Å². The van der Waals surface area contributed by atoms with E-state index in [1.54, 1.807) is 6.92 Å². The van der Waals surface area contributed by atoms with Gasteiger partial charge in [0.2, 0.25) is 0 Å². The summed E-state index contributed by atoms with van der Waals surface area (Å²) in [5.74, 6) is -0.844. The fraction of sp³-hybridized carbons (Fsp3) is 0.250. The minimum atomic E-state index is -4.61. The lowest BCUT2D eigenvalue weighted by Crippen LogP contribution is -2.14. The summed E-state index contributed by atoms with van der Waals surface area (Å²) in [5.41, 5.74) is 4.61. The predicted octanol–water partition coefficient (Wildman–Crippen LogP) is 2.53. The second-order valence-electron chi connectivity index (χ2n) is 4.37. The van der Waals surface area contributed by atoms with Gasteiger partial charge >= 0.3 is 6.18 Å². The van der Waals surface area contributed by atoms with Crippen molar-refractivity contribution in [2.45, 2.75) is 19.1 Å². The van der Waals surface area contributed by atoms with Gasteiger partial charge in [-0.2, -0.15) is 13.2 Å². The van der Waals surface area contributed by atoms with Crippen molar-refractivity contribution in [2.24, 2.45) is 5.73 Å². The maximum absolute atomic E-state index is 12.8. The van der Waals surface area contributed by atoms with E-state index in [1.165, 1.54) is 6.20 Å². The van der Waals surface area contributed by atoms with E-state index in [9.17, 15) is 18.0 Å². The average Bonchev–Trinajstić information content (AvgIpc) is 2.89. The maximum atomic E-state index is 12.8. The molecule has 0 fully saturated rings. The molecule has 0 aromatic carbocycles. The fourth-order valence-corrected chi connectivity index (χ4v) is 2.51. The summed E-state index contributed by atoms with van der Waals surface area (Å²) < 4.78 is 38.3. The van der Waals surface area contributed by atoms with Gasteiger partial charge in [-0.3, -0.25) is 4.79 Å². The standard InChI is InChI=1S/C12H10ClF3N4OS/c1-5(17)11-19-4-8(22-11)10(21)20-9-2-6(12(14,15)16)7(13)3-18-9/h2-5,13H,17H2,1H3/p+1/t5-/m1/s1. The lowest BCUT2D eigenvalue weighted by molar-refractivity contribution is -0.297. The van der Waals surface area contributed by atoms with Gasteiger partial charge in [-0.25, -0.2) is 9.97 Å². The average molecular weight is 352 g/mol. The van der Waals surface area contributed by atoms with Crippen LogP contribution in [0.15, 0.2) is 18.5 Å². The maximum Gasteiger partial charge on any atom is 0.422 e. The number of nitrogens with two attached hydrogens (primary N) is 1. The minimum absolute atomic E-state index is 0.227. The van der Waals surface area contributed by atoms with Crippen LogP contribution in [-0.4, -0.2) is 15.9 Å². The van der Waals surface area contributed by atoms with Gasteiger partial charge in [-0.05, 0) is 13.0 Å². The quantitative estimate of drug-likeness (QED) is 0.890. The van der Waals surface area contributed by atoms with Crippen molar-refractivity contribution in [3.8, 4) is 0 Å². The second kappa shape index (κ2) is 6.19. The Bertz CT molecular complexity index is 702. The number of anilines is 1. The topological polar surface area (TPSA) is 80.9 Å². The number of hydrogen-bond donors (Lipinski definition) is 2. The van der Waals surface area contributed by atoms with Crippen molar-refractivity contribution < 1.29 is 29.6 Å². The normalized spacial score (nSPS) is 13.0. The molecule has 2 aromatic heterocycles. The number of carbonyl (C=O) groups is 1. The molecule has 22 heavy (non-hydrogen) atoms. The van der Waals surface area contributed by atoms with Crippen LogP contribution < -0.4 is 11.1 Å². The molecule has 0 aliphatic carbocycles. The van der Waals surface area contributed by atoms with Crippen molar-refractivity contribution >= 4 is 23.1 Å². The number of amides is 1. The van der Waals surface area contributed by atoms with Crippen molar-refractivity contribution in [1.29, 1.82) is 0 Å². The third-order valence-electron chi connectivity index (χ3n) is 2.55. The van der Waals surface area contributed by atoms with Gasteiger partial charge in [0, 0.05) is 0 Å². The number of rotatable bonds is 3. The minimum Gasteiger partial charge on any atom is -0.322 e. The SMILES string of the molecule is C[C@@H](N)c1ncc(C(=O)Nc2cc(C(F)(F)F)c([ClH+])cn2)s1. The molecule has 118 valence electrons. The van der Waals surface area contributed by atoms with Crippen molar-refractivity contribution in [2.75, 3.05) is 5.32 Å². The lowest BCUT2D eigenvalue weighted by atomic mass is 10.2. The van der Waals surface area contributed by atoms with Crippen LogP contribution in [0.1, 0.15) is 33.2 Å². The van der Waals surface area contributed by atoms with E-state index >= 15 is 0 Å². The molecule has 2 rings (SSSR count).